The number of nitrogens with one attached hydrogen (secondary N) is 3. The van der Waals surface area contributed by atoms with E-state index in [1.807, 2.05) is 0 Å². The minimum absolute atomic E-state index is 0.996. The summed E-state index contributed by atoms with van der Waals surface area (Å²) in [7, 11) is 0. The molecule has 3 rings (SSSR count). The molecular formula is C43H74N4. The fourth-order valence-corrected chi connectivity index (χ4v) is 7.10. The molecule has 0 atom stereocenters. The van der Waals surface area contributed by atoms with Gasteiger partial charge in [-0.05, 0) is 56.0 Å². The summed E-state index contributed by atoms with van der Waals surface area (Å²) in [6.45, 7) is 4.60. The van der Waals surface area contributed by atoms with Gasteiger partial charge in [0.1, 0.15) is 5.69 Å². The summed E-state index contributed by atoms with van der Waals surface area (Å²) >= 11 is 0. The quantitative estimate of drug-likeness (QED) is 0.0581. The van der Waals surface area contributed by atoms with E-state index >= 15 is 0 Å². The van der Waals surface area contributed by atoms with Crippen molar-refractivity contribution in [3.63, 3.8) is 0 Å². The maximum Gasteiger partial charge on any atom is 0.109 e. The molecular weight excluding hydrogens is 573 g/mol. The van der Waals surface area contributed by atoms with E-state index < -0.39 is 0 Å². The largest absolute Gasteiger partial charge is 0.357 e. The number of hydrogen-bond donors (Lipinski definition) is 3. The molecule has 3 aromatic heterocycles. The van der Waals surface area contributed by atoms with Crippen LogP contribution in [0.15, 0.2) is 30.3 Å². The van der Waals surface area contributed by atoms with E-state index in [9.17, 15) is 0 Å². The Labute approximate surface area is 290 Å². The van der Waals surface area contributed by atoms with Gasteiger partial charge in [0, 0.05) is 11.4 Å². The van der Waals surface area contributed by atoms with Gasteiger partial charge < -0.3 is 9.97 Å². The number of unbranched alkanes of at least 4 members (excludes halogenated alkanes) is 26. The number of aromatic amines is 3. The number of aryl methyl sites for hydroxylation is 2. The maximum atomic E-state index is 4.62. The van der Waals surface area contributed by atoms with Crippen LogP contribution in [0.1, 0.15) is 205 Å². The third kappa shape index (κ3) is 18.2. The SMILES string of the molecule is CCCCCCCCCCCCCCCCc1ccc(-c2cc(-c3ccc(CCCCCCCCCCCCCCCC)[nH]3)[nH]n2)[nH]1. The lowest BCUT2D eigenvalue weighted by atomic mass is 10.0. The Morgan fingerprint density at radius 3 is 1.13 bits per heavy atom. The van der Waals surface area contributed by atoms with Gasteiger partial charge in [0.2, 0.25) is 0 Å². The lowest BCUT2D eigenvalue weighted by Gasteiger charge is -2.03. The molecule has 0 saturated carbocycles. The average Bonchev–Trinajstić information content (AvgIpc) is 3.87. The topological polar surface area (TPSA) is 60.3 Å². The minimum Gasteiger partial charge on any atom is -0.357 e. The molecule has 0 aliphatic rings. The smallest absolute Gasteiger partial charge is 0.109 e. The fourth-order valence-electron chi connectivity index (χ4n) is 7.10. The van der Waals surface area contributed by atoms with E-state index in [0.717, 1.165) is 35.6 Å². The van der Waals surface area contributed by atoms with E-state index in [2.05, 4.69) is 64.3 Å². The van der Waals surface area contributed by atoms with Gasteiger partial charge in [0.15, 0.2) is 0 Å². The van der Waals surface area contributed by atoms with Crippen LogP contribution in [0.25, 0.3) is 22.8 Å². The molecule has 0 aliphatic carbocycles. The van der Waals surface area contributed by atoms with E-state index in [1.165, 1.54) is 191 Å². The highest BCUT2D eigenvalue weighted by Crippen LogP contribution is 2.24. The predicted molar refractivity (Wildman–Crippen MR) is 206 cm³/mol. The lowest BCUT2D eigenvalue weighted by molar-refractivity contribution is 0.535. The molecule has 0 radical (unpaired) electrons. The highest BCUT2D eigenvalue weighted by atomic mass is 15.1. The molecule has 0 aromatic carbocycles. The first-order chi connectivity index (χ1) is 23.3. The number of nitrogens with zero attached hydrogens (tertiary/aromatic N) is 1. The second-order valence-corrected chi connectivity index (χ2v) is 14.7. The Balaban J connectivity index is 1.18. The molecule has 0 bridgehead atoms. The second-order valence-electron chi connectivity index (χ2n) is 14.7. The van der Waals surface area contributed by atoms with Crippen molar-refractivity contribution < 1.29 is 0 Å². The van der Waals surface area contributed by atoms with E-state index in [-0.39, 0.29) is 0 Å². The third-order valence-corrected chi connectivity index (χ3v) is 10.2. The standard InChI is InChI=1S/C43H74N4/c1-3-5-7-9-11-13-15-17-19-21-23-25-27-29-31-38-33-35-40(44-38)42-37-43(47-46-42)41-36-34-39(45-41)32-30-28-26-24-22-20-18-16-14-12-10-8-6-4-2/h33-37,44-45H,3-32H2,1-2H3,(H,46,47). The lowest BCUT2D eigenvalue weighted by Crippen LogP contribution is -1.87. The van der Waals surface area contributed by atoms with E-state index in [4.69, 9.17) is 0 Å². The summed E-state index contributed by atoms with van der Waals surface area (Å²) in [5, 5.41) is 7.88. The third-order valence-electron chi connectivity index (χ3n) is 10.2. The van der Waals surface area contributed by atoms with Crippen LogP contribution < -0.4 is 0 Å². The van der Waals surface area contributed by atoms with E-state index in [0.29, 0.717) is 0 Å². The Morgan fingerprint density at radius 1 is 0.383 bits per heavy atom. The Bertz CT molecular complexity index is 1020. The molecule has 3 heterocycles. The molecule has 0 unspecified atom stereocenters. The number of H-pyrrole nitrogens is 3. The summed E-state index contributed by atoms with van der Waals surface area (Å²) in [4.78, 5) is 7.26. The van der Waals surface area contributed by atoms with Crippen LogP contribution in [0, 0.1) is 0 Å². The molecule has 0 saturated heterocycles. The average molecular weight is 647 g/mol. The molecule has 3 N–H and O–H groups in total. The minimum atomic E-state index is 0.996. The monoisotopic (exact) mass is 647 g/mol. The van der Waals surface area contributed by atoms with Crippen LogP contribution in [-0.4, -0.2) is 20.2 Å². The van der Waals surface area contributed by atoms with Crippen molar-refractivity contribution in [3.8, 4) is 22.8 Å². The van der Waals surface area contributed by atoms with Gasteiger partial charge in [-0.2, -0.15) is 5.10 Å². The first-order valence-corrected chi connectivity index (χ1v) is 20.7. The van der Waals surface area contributed by atoms with E-state index in [1.54, 1.807) is 0 Å². The first-order valence-electron chi connectivity index (χ1n) is 20.7. The number of hydrogen-bond acceptors (Lipinski definition) is 1. The highest BCUT2D eigenvalue weighted by Gasteiger charge is 2.10. The van der Waals surface area contributed by atoms with Crippen molar-refractivity contribution in [2.24, 2.45) is 0 Å². The van der Waals surface area contributed by atoms with Gasteiger partial charge >= 0.3 is 0 Å². The van der Waals surface area contributed by atoms with Crippen LogP contribution in [0.4, 0.5) is 0 Å². The normalized spacial score (nSPS) is 11.6. The second kappa shape index (κ2) is 26.7. The summed E-state index contributed by atoms with van der Waals surface area (Å²) in [5.74, 6) is 0. The van der Waals surface area contributed by atoms with Gasteiger partial charge in [-0.3, -0.25) is 5.10 Å². The maximum absolute atomic E-state index is 4.62. The zero-order valence-electron chi connectivity index (χ0n) is 31.0. The van der Waals surface area contributed by atoms with Crippen LogP contribution >= 0.6 is 0 Å². The van der Waals surface area contributed by atoms with Gasteiger partial charge in [0.05, 0.1) is 17.1 Å². The Kier molecular flexibility index (Phi) is 22.3. The molecule has 47 heavy (non-hydrogen) atoms. The number of rotatable bonds is 32. The number of aromatic nitrogens is 4. The predicted octanol–water partition coefficient (Wildman–Crippen LogP) is 14.4. The Morgan fingerprint density at radius 2 is 0.723 bits per heavy atom. The molecule has 4 nitrogen and oxygen atoms in total. The van der Waals surface area contributed by atoms with Crippen molar-refractivity contribution >= 4 is 0 Å². The van der Waals surface area contributed by atoms with Crippen molar-refractivity contribution in [2.45, 2.75) is 206 Å². The van der Waals surface area contributed by atoms with Gasteiger partial charge in [-0.1, -0.05) is 181 Å². The zero-order chi connectivity index (χ0) is 33.0. The molecule has 0 spiro atoms. The van der Waals surface area contributed by atoms with Crippen molar-refractivity contribution in [1.29, 1.82) is 0 Å². The molecule has 3 aromatic rings. The summed E-state index contributed by atoms with van der Waals surface area (Å²) in [6.07, 6.45) is 41.7. The van der Waals surface area contributed by atoms with Crippen LogP contribution in [-0.2, 0) is 12.8 Å². The molecule has 0 amide bonds. The molecule has 4 heteroatoms. The summed E-state index contributed by atoms with van der Waals surface area (Å²) in [5.41, 5.74) is 6.98. The van der Waals surface area contributed by atoms with Crippen LogP contribution in [0.2, 0.25) is 0 Å². The Hall–Kier alpha value is -2.23. The fraction of sp³-hybridized carbons (Fsp3) is 0.744. The van der Waals surface area contributed by atoms with Gasteiger partial charge in [0.25, 0.3) is 0 Å². The van der Waals surface area contributed by atoms with Crippen molar-refractivity contribution in [2.75, 3.05) is 0 Å². The molecule has 0 aliphatic heterocycles. The van der Waals surface area contributed by atoms with Crippen molar-refractivity contribution in [3.05, 3.63) is 41.7 Å². The zero-order valence-corrected chi connectivity index (χ0v) is 31.0. The van der Waals surface area contributed by atoms with Crippen LogP contribution in [0.3, 0.4) is 0 Å². The first kappa shape index (κ1) is 39.2. The van der Waals surface area contributed by atoms with Crippen molar-refractivity contribution in [1.82, 2.24) is 20.2 Å². The molecule has 266 valence electrons. The highest BCUT2D eigenvalue weighted by molar-refractivity contribution is 5.64. The molecule has 0 fully saturated rings. The summed E-state index contributed by atoms with van der Waals surface area (Å²) < 4.78 is 0. The van der Waals surface area contributed by atoms with Crippen LogP contribution in [0.5, 0.6) is 0 Å². The van der Waals surface area contributed by atoms with Gasteiger partial charge in [-0.15, -0.1) is 0 Å². The van der Waals surface area contributed by atoms with Gasteiger partial charge in [-0.25, -0.2) is 0 Å². The summed E-state index contributed by atoms with van der Waals surface area (Å²) in [6, 6.07) is 11.1.